The van der Waals surface area contributed by atoms with E-state index in [4.69, 9.17) is 0 Å². The number of pyridine rings is 1. The number of hydrogen-bond donors (Lipinski definition) is 1. The zero-order chi connectivity index (χ0) is 13.1. The van der Waals surface area contributed by atoms with Gasteiger partial charge < -0.3 is 9.88 Å². The predicted molar refractivity (Wildman–Crippen MR) is 80.7 cm³/mol. The number of aryl methyl sites for hydroxylation is 1. The van der Waals surface area contributed by atoms with Crippen molar-refractivity contribution in [3.05, 3.63) is 48.3 Å². The molecule has 3 heterocycles. The van der Waals surface area contributed by atoms with Crippen molar-refractivity contribution in [2.45, 2.75) is 12.6 Å². The van der Waals surface area contributed by atoms with Crippen LogP contribution in [0.15, 0.2) is 37.1 Å². The van der Waals surface area contributed by atoms with Gasteiger partial charge in [-0.2, -0.15) is 0 Å². The number of rotatable bonds is 3. The van der Waals surface area contributed by atoms with Gasteiger partial charge in [0.15, 0.2) is 0 Å². The Morgan fingerprint density at radius 3 is 2.80 bits per heavy atom. The molecule has 0 aliphatic carbocycles. The molecule has 1 saturated heterocycles. The molecule has 3 rings (SSSR count). The smallest absolute Gasteiger partial charge is 0.0945 e. The van der Waals surface area contributed by atoms with Crippen LogP contribution in [0.25, 0.3) is 0 Å². The summed E-state index contributed by atoms with van der Waals surface area (Å²) in [5.41, 5.74) is 2.57. The summed E-state index contributed by atoms with van der Waals surface area (Å²) in [5.74, 6) is 0. The fourth-order valence-electron chi connectivity index (χ4n) is 2.59. The molecule has 6 heteroatoms. The summed E-state index contributed by atoms with van der Waals surface area (Å²) in [7, 11) is 2.05. The van der Waals surface area contributed by atoms with E-state index in [1.165, 1.54) is 11.3 Å². The van der Waals surface area contributed by atoms with E-state index in [9.17, 15) is 0 Å². The molecule has 0 spiro atoms. The normalized spacial score (nSPS) is 19.6. The molecule has 1 atom stereocenters. The first-order valence-corrected chi connectivity index (χ1v) is 6.64. The monoisotopic (exact) mass is 293 g/mol. The molecular weight excluding hydrogens is 274 g/mol. The molecular formula is C14H20ClN5. The zero-order valence-corrected chi connectivity index (χ0v) is 12.4. The maximum atomic E-state index is 4.20. The van der Waals surface area contributed by atoms with Gasteiger partial charge in [0, 0.05) is 57.9 Å². The predicted octanol–water partition coefficient (Wildman–Crippen LogP) is 1.38. The van der Waals surface area contributed by atoms with Gasteiger partial charge in [0.25, 0.3) is 0 Å². The maximum absolute atomic E-state index is 4.20. The van der Waals surface area contributed by atoms with Gasteiger partial charge in [-0.1, -0.05) is 0 Å². The molecule has 2 aromatic heterocycles. The topological polar surface area (TPSA) is 46.0 Å². The quantitative estimate of drug-likeness (QED) is 0.929. The van der Waals surface area contributed by atoms with Gasteiger partial charge in [-0.15, -0.1) is 12.4 Å². The Balaban J connectivity index is 0.00000147. The summed E-state index contributed by atoms with van der Waals surface area (Å²) >= 11 is 0. The Morgan fingerprint density at radius 1 is 1.30 bits per heavy atom. The van der Waals surface area contributed by atoms with E-state index in [0.717, 1.165) is 26.2 Å². The second-order valence-electron chi connectivity index (χ2n) is 4.97. The fourth-order valence-corrected chi connectivity index (χ4v) is 2.59. The second-order valence-corrected chi connectivity index (χ2v) is 4.97. The molecule has 1 aliphatic heterocycles. The SMILES string of the molecule is Cl.Cn1cncc1CN1CCNCC1c1ccncc1. The van der Waals surface area contributed by atoms with Crippen LogP contribution < -0.4 is 5.32 Å². The van der Waals surface area contributed by atoms with Crippen LogP contribution in [0.1, 0.15) is 17.3 Å². The Bertz CT molecular complexity index is 527. The lowest BCUT2D eigenvalue weighted by Crippen LogP contribution is -2.45. The van der Waals surface area contributed by atoms with Crippen molar-refractivity contribution >= 4 is 12.4 Å². The van der Waals surface area contributed by atoms with E-state index in [2.05, 4.69) is 36.9 Å². The van der Waals surface area contributed by atoms with Crippen LogP contribution >= 0.6 is 12.4 Å². The Hall–Kier alpha value is -1.43. The number of halogens is 1. The summed E-state index contributed by atoms with van der Waals surface area (Å²) in [4.78, 5) is 10.8. The number of imidazole rings is 1. The van der Waals surface area contributed by atoms with Crippen LogP contribution in [0.4, 0.5) is 0 Å². The summed E-state index contributed by atoms with van der Waals surface area (Å²) in [6.45, 7) is 4.02. The Kier molecular flexibility index (Phi) is 5.11. The van der Waals surface area contributed by atoms with Gasteiger partial charge in [-0.05, 0) is 17.7 Å². The van der Waals surface area contributed by atoms with Crippen molar-refractivity contribution in [1.29, 1.82) is 0 Å². The van der Waals surface area contributed by atoms with Gasteiger partial charge in [0.2, 0.25) is 0 Å². The fraction of sp³-hybridized carbons (Fsp3) is 0.429. The third-order valence-corrected chi connectivity index (χ3v) is 3.73. The molecule has 1 N–H and O–H groups in total. The molecule has 0 saturated carbocycles. The first-order valence-electron chi connectivity index (χ1n) is 6.64. The lowest BCUT2D eigenvalue weighted by atomic mass is 10.0. The molecule has 2 aromatic rings. The van der Waals surface area contributed by atoms with E-state index in [1.54, 1.807) is 0 Å². The minimum Gasteiger partial charge on any atom is -0.337 e. The van der Waals surface area contributed by atoms with Crippen molar-refractivity contribution in [3.8, 4) is 0 Å². The van der Waals surface area contributed by atoms with Gasteiger partial charge in [0.1, 0.15) is 0 Å². The van der Waals surface area contributed by atoms with Crippen LogP contribution in [-0.2, 0) is 13.6 Å². The average molecular weight is 294 g/mol. The summed E-state index contributed by atoms with van der Waals surface area (Å²) in [6.07, 6.45) is 7.54. The largest absolute Gasteiger partial charge is 0.337 e. The van der Waals surface area contributed by atoms with Crippen LogP contribution in [0.2, 0.25) is 0 Å². The second kappa shape index (κ2) is 6.83. The molecule has 0 aromatic carbocycles. The molecule has 108 valence electrons. The lowest BCUT2D eigenvalue weighted by molar-refractivity contribution is 0.150. The van der Waals surface area contributed by atoms with E-state index in [-0.39, 0.29) is 12.4 Å². The maximum Gasteiger partial charge on any atom is 0.0945 e. The van der Waals surface area contributed by atoms with Crippen molar-refractivity contribution in [2.75, 3.05) is 19.6 Å². The summed E-state index contributed by atoms with van der Waals surface area (Å²) in [5, 5.41) is 3.47. The van der Waals surface area contributed by atoms with Gasteiger partial charge in [-0.3, -0.25) is 9.88 Å². The zero-order valence-electron chi connectivity index (χ0n) is 11.6. The molecule has 20 heavy (non-hydrogen) atoms. The first-order chi connectivity index (χ1) is 9.34. The van der Waals surface area contributed by atoms with Gasteiger partial charge in [0.05, 0.1) is 12.0 Å². The van der Waals surface area contributed by atoms with Crippen molar-refractivity contribution in [3.63, 3.8) is 0 Å². The van der Waals surface area contributed by atoms with Crippen LogP contribution in [0.3, 0.4) is 0 Å². The number of hydrogen-bond acceptors (Lipinski definition) is 4. The molecule has 1 aliphatic rings. The van der Waals surface area contributed by atoms with E-state index >= 15 is 0 Å². The summed E-state index contributed by atoms with van der Waals surface area (Å²) in [6, 6.07) is 4.62. The average Bonchev–Trinajstić information content (AvgIpc) is 2.86. The molecule has 1 unspecified atom stereocenters. The molecule has 0 bridgehead atoms. The minimum absolute atomic E-state index is 0. The molecule has 1 fully saturated rings. The number of nitrogens with one attached hydrogen (secondary N) is 1. The first kappa shape index (κ1) is 15.0. The Morgan fingerprint density at radius 2 is 2.10 bits per heavy atom. The van der Waals surface area contributed by atoms with Crippen molar-refractivity contribution in [1.82, 2.24) is 24.8 Å². The van der Waals surface area contributed by atoms with Crippen LogP contribution in [0, 0.1) is 0 Å². The third-order valence-electron chi connectivity index (χ3n) is 3.73. The van der Waals surface area contributed by atoms with Gasteiger partial charge in [-0.25, -0.2) is 4.98 Å². The molecule has 5 nitrogen and oxygen atoms in total. The van der Waals surface area contributed by atoms with Crippen LogP contribution in [-0.4, -0.2) is 39.1 Å². The van der Waals surface area contributed by atoms with Crippen molar-refractivity contribution < 1.29 is 0 Å². The van der Waals surface area contributed by atoms with Crippen molar-refractivity contribution in [2.24, 2.45) is 7.05 Å². The third kappa shape index (κ3) is 3.17. The molecule has 0 radical (unpaired) electrons. The lowest BCUT2D eigenvalue weighted by Gasteiger charge is -2.36. The van der Waals surface area contributed by atoms with E-state index in [1.807, 2.05) is 32.0 Å². The highest BCUT2D eigenvalue weighted by Crippen LogP contribution is 2.23. The summed E-state index contributed by atoms with van der Waals surface area (Å²) < 4.78 is 2.09. The highest BCUT2D eigenvalue weighted by atomic mass is 35.5. The number of aromatic nitrogens is 3. The number of piperazine rings is 1. The highest BCUT2D eigenvalue weighted by Gasteiger charge is 2.24. The van der Waals surface area contributed by atoms with Gasteiger partial charge >= 0.3 is 0 Å². The van der Waals surface area contributed by atoms with Crippen LogP contribution in [0.5, 0.6) is 0 Å². The van der Waals surface area contributed by atoms with E-state index in [0.29, 0.717) is 6.04 Å². The highest BCUT2D eigenvalue weighted by molar-refractivity contribution is 5.85. The Labute approximate surface area is 125 Å². The minimum atomic E-state index is 0. The standard InChI is InChI=1S/C14H19N5.ClH/c1-18-11-17-8-13(18)10-19-7-6-16-9-14(19)12-2-4-15-5-3-12;/h2-5,8,11,14,16H,6-7,9-10H2,1H3;1H. The molecule has 0 amide bonds. The number of nitrogens with zero attached hydrogens (tertiary/aromatic N) is 4. The van der Waals surface area contributed by atoms with E-state index < -0.39 is 0 Å².